The molecular formula is C13H27NO. The normalized spacial score (nSPS) is 29.0. The fourth-order valence-corrected chi connectivity index (χ4v) is 2.40. The Kier molecular flexibility index (Phi) is 5.07. The summed E-state index contributed by atoms with van der Waals surface area (Å²) in [5.41, 5.74) is 0. The van der Waals surface area contributed by atoms with Crippen molar-refractivity contribution in [2.24, 2.45) is 11.8 Å². The van der Waals surface area contributed by atoms with Gasteiger partial charge < -0.3 is 9.64 Å². The molecule has 0 aliphatic carbocycles. The molecule has 1 rings (SSSR count). The molecule has 2 unspecified atom stereocenters. The zero-order valence-corrected chi connectivity index (χ0v) is 11.0. The lowest BCUT2D eigenvalue weighted by molar-refractivity contribution is 0.00845. The van der Waals surface area contributed by atoms with Crippen molar-refractivity contribution in [1.29, 1.82) is 0 Å². The van der Waals surface area contributed by atoms with Crippen molar-refractivity contribution in [3.63, 3.8) is 0 Å². The monoisotopic (exact) mass is 213 g/mol. The third-order valence-electron chi connectivity index (χ3n) is 3.17. The van der Waals surface area contributed by atoms with Crippen LogP contribution in [0.25, 0.3) is 0 Å². The minimum Gasteiger partial charge on any atom is -0.378 e. The molecule has 0 N–H and O–H groups in total. The first kappa shape index (κ1) is 13.0. The molecule has 0 aromatic heterocycles. The largest absolute Gasteiger partial charge is 0.378 e. The van der Waals surface area contributed by atoms with Gasteiger partial charge in [-0.3, -0.25) is 0 Å². The van der Waals surface area contributed by atoms with E-state index in [2.05, 4.69) is 39.5 Å². The smallest absolute Gasteiger partial charge is 0.0519 e. The molecule has 15 heavy (non-hydrogen) atoms. The number of hydrogen-bond donors (Lipinski definition) is 0. The minimum absolute atomic E-state index is 0.370. The second-order valence-electron chi connectivity index (χ2n) is 5.64. The van der Waals surface area contributed by atoms with Gasteiger partial charge in [-0.15, -0.1) is 0 Å². The van der Waals surface area contributed by atoms with Gasteiger partial charge in [-0.2, -0.15) is 0 Å². The van der Waals surface area contributed by atoms with Gasteiger partial charge in [0.1, 0.15) is 0 Å². The molecule has 1 saturated heterocycles. The van der Waals surface area contributed by atoms with E-state index in [1.54, 1.807) is 0 Å². The fourth-order valence-electron chi connectivity index (χ4n) is 2.40. The molecule has 2 nitrogen and oxygen atoms in total. The van der Waals surface area contributed by atoms with Gasteiger partial charge in [-0.25, -0.2) is 0 Å². The van der Waals surface area contributed by atoms with E-state index in [-0.39, 0.29) is 0 Å². The molecule has 0 radical (unpaired) electrons. The van der Waals surface area contributed by atoms with Crippen molar-refractivity contribution in [3.8, 4) is 0 Å². The molecule has 2 heteroatoms. The number of piperidine rings is 1. The highest BCUT2D eigenvalue weighted by molar-refractivity contribution is 4.78. The molecule has 1 heterocycles. The van der Waals surface area contributed by atoms with Gasteiger partial charge in [0.2, 0.25) is 0 Å². The van der Waals surface area contributed by atoms with Gasteiger partial charge in [-0.1, -0.05) is 6.92 Å². The van der Waals surface area contributed by atoms with Crippen LogP contribution in [0.3, 0.4) is 0 Å². The van der Waals surface area contributed by atoms with E-state index in [0.29, 0.717) is 12.1 Å². The van der Waals surface area contributed by atoms with E-state index in [1.807, 2.05) is 0 Å². The van der Waals surface area contributed by atoms with Crippen molar-refractivity contribution < 1.29 is 4.74 Å². The third-order valence-corrected chi connectivity index (χ3v) is 3.17. The Bertz CT molecular complexity index is 179. The maximum absolute atomic E-state index is 5.73. The van der Waals surface area contributed by atoms with Gasteiger partial charge in [-0.05, 0) is 46.0 Å². The Balaban J connectivity index is 2.37. The van der Waals surface area contributed by atoms with Gasteiger partial charge in [0, 0.05) is 19.1 Å². The molecule has 0 aromatic rings. The van der Waals surface area contributed by atoms with Crippen LogP contribution >= 0.6 is 0 Å². The van der Waals surface area contributed by atoms with Crippen LogP contribution < -0.4 is 0 Å². The van der Waals surface area contributed by atoms with Crippen molar-refractivity contribution in [1.82, 2.24) is 4.90 Å². The maximum Gasteiger partial charge on any atom is 0.0519 e. The highest BCUT2D eigenvalue weighted by Gasteiger charge is 2.26. The van der Waals surface area contributed by atoms with Crippen LogP contribution in [0.4, 0.5) is 0 Å². The predicted octanol–water partition coefficient (Wildman–Crippen LogP) is 2.78. The Morgan fingerprint density at radius 3 is 2.40 bits per heavy atom. The second kappa shape index (κ2) is 5.86. The third kappa shape index (κ3) is 4.52. The number of nitrogens with zero attached hydrogens (tertiary/aromatic N) is 1. The molecular weight excluding hydrogens is 186 g/mol. The van der Waals surface area contributed by atoms with Crippen molar-refractivity contribution in [2.45, 2.75) is 53.2 Å². The average molecular weight is 213 g/mol. The summed E-state index contributed by atoms with van der Waals surface area (Å²) >= 11 is 0. The first-order chi connectivity index (χ1) is 6.99. The Morgan fingerprint density at radius 2 is 1.87 bits per heavy atom. The topological polar surface area (TPSA) is 12.5 Å². The van der Waals surface area contributed by atoms with Crippen LogP contribution in [-0.4, -0.2) is 36.7 Å². The second-order valence-corrected chi connectivity index (χ2v) is 5.64. The number of likely N-dealkylation sites (tertiary alicyclic amines) is 1. The zero-order chi connectivity index (χ0) is 11.4. The Hall–Kier alpha value is -0.0800. The lowest BCUT2D eigenvalue weighted by Crippen LogP contribution is -2.44. The van der Waals surface area contributed by atoms with Crippen LogP contribution in [-0.2, 0) is 4.74 Å². The summed E-state index contributed by atoms with van der Waals surface area (Å²) in [6.45, 7) is 14.6. The number of rotatable bonds is 4. The van der Waals surface area contributed by atoms with E-state index >= 15 is 0 Å². The minimum atomic E-state index is 0.370. The highest BCUT2D eigenvalue weighted by atomic mass is 16.5. The van der Waals surface area contributed by atoms with Crippen LogP contribution in [0.2, 0.25) is 0 Å². The summed E-state index contributed by atoms with van der Waals surface area (Å²) in [7, 11) is 0. The SMILES string of the molecule is CC1CC(COC(C)C)CN(C(C)C)C1. The average Bonchev–Trinajstić information content (AvgIpc) is 2.13. The van der Waals surface area contributed by atoms with Crippen molar-refractivity contribution >= 4 is 0 Å². The molecule has 0 amide bonds. The van der Waals surface area contributed by atoms with Crippen LogP contribution in [0, 0.1) is 11.8 Å². The van der Waals surface area contributed by atoms with E-state index in [1.165, 1.54) is 19.5 Å². The lowest BCUT2D eigenvalue weighted by Gasteiger charge is -2.39. The summed E-state index contributed by atoms with van der Waals surface area (Å²) in [4.78, 5) is 2.59. The van der Waals surface area contributed by atoms with E-state index in [9.17, 15) is 0 Å². The highest BCUT2D eigenvalue weighted by Crippen LogP contribution is 2.23. The molecule has 0 aromatic carbocycles. The van der Waals surface area contributed by atoms with Crippen molar-refractivity contribution in [3.05, 3.63) is 0 Å². The number of ether oxygens (including phenoxy) is 1. The van der Waals surface area contributed by atoms with Crippen molar-refractivity contribution in [2.75, 3.05) is 19.7 Å². The van der Waals surface area contributed by atoms with E-state index in [0.717, 1.165) is 18.4 Å². The summed E-state index contributed by atoms with van der Waals surface area (Å²) in [5.74, 6) is 1.56. The molecule has 0 saturated carbocycles. The fraction of sp³-hybridized carbons (Fsp3) is 1.00. The first-order valence-electron chi connectivity index (χ1n) is 6.34. The summed E-state index contributed by atoms with van der Waals surface area (Å²) in [6.07, 6.45) is 1.70. The number of hydrogen-bond acceptors (Lipinski definition) is 2. The quantitative estimate of drug-likeness (QED) is 0.712. The molecule has 0 bridgehead atoms. The molecule has 1 fully saturated rings. The first-order valence-corrected chi connectivity index (χ1v) is 6.34. The van der Waals surface area contributed by atoms with Gasteiger partial charge >= 0.3 is 0 Å². The zero-order valence-electron chi connectivity index (χ0n) is 11.0. The maximum atomic E-state index is 5.73. The summed E-state index contributed by atoms with van der Waals surface area (Å²) in [6, 6.07) is 0.675. The van der Waals surface area contributed by atoms with Crippen LogP contribution in [0.15, 0.2) is 0 Å². The lowest BCUT2D eigenvalue weighted by atomic mass is 9.90. The summed E-state index contributed by atoms with van der Waals surface area (Å²) < 4.78 is 5.73. The Labute approximate surface area is 95.0 Å². The molecule has 90 valence electrons. The molecule has 1 aliphatic heterocycles. The van der Waals surface area contributed by atoms with Crippen LogP contribution in [0.1, 0.15) is 41.0 Å². The van der Waals surface area contributed by atoms with Gasteiger partial charge in [0.05, 0.1) is 12.7 Å². The molecule has 1 aliphatic rings. The van der Waals surface area contributed by atoms with Crippen LogP contribution in [0.5, 0.6) is 0 Å². The standard InChI is InChI=1S/C13H27NO/c1-10(2)14-7-12(5)6-13(8-14)9-15-11(3)4/h10-13H,6-9H2,1-5H3. The predicted molar refractivity (Wildman–Crippen MR) is 65.1 cm³/mol. The van der Waals surface area contributed by atoms with E-state index < -0.39 is 0 Å². The molecule has 0 spiro atoms. The molecule has 2 atom stereocenters. The summed E-state index contributed by atoms with van der Waals surface area (Å²) in [5, 5.41) is 0. The Morgan fingerprint density at radius 1 is 1.20 bits per heavy atom. The van der Waals surface area contributed by atoms with E-state index in [4.69, 9.17) is 4.74 Å². The van der Waals surface area contributed by atoms with Gasteiger partial charge in [0.15, 0.2) is 0 Å². The van der Waals surface area contributed by atoms with Gasteiger partial charge in [0.25, 0.3) is 0 Å².